The van der Waals surface area contributed by atoms with Gasteiger partial charge in [0.05, 0.1) is 14.2 Å². The average molecular weight is 469 g/mol. The molecule has 0 aliphatic rings. The molecule has 1 rings (SSSR count). The molecule has 0 fully saturated rings. The highest BCUT2D eigenvalue weighted by Crippen LogP contribution is 2.29. The number of carbonyl (C=O) groups is 2. The molecule has 0 radical (unpaired) electrons. The van der Waals surface area contributed by atoms with Gasteiger partial charge in [-0.25, -0.2) is 4.79 Å². The SMILES string of the molecule is CCO[Si](CCCCCC(=O)Oc1cc(C=CC(=O)OC)ccc1OC)(OCC)OCC. The van der Waals surface area contributed by atoms with Crippen molar-refractivity contribution in [3.63, 3.8) is 0 Å². The molecule has 0 aromatic heterocycles. The van der Waals surface area contributed by atoms with Gasteiger partial charge in [-0.1, -0.05) is 12.5 Å². The number of carbonyl (C=O) groups excluding carboxylic acids is 2. The molecule has 0 saturated heterocycles. The molecule has 1 aromatic rings. The van der Waals surface area contributed by atoms with Gasteiger partial charge in [-0.05, 0) is 57.4 Å². The van der Waals surface area contributed by atoms with Gasteiger partial charge >= 0.3 is 20.7 Å². The number of rotatable bonds is 16. The van der Waals surface area contributed by atoms with E-state index in [1.807, 2.05) is 20.8 Å². The lowest BCUT2D eigenvalue weighted by molar-refractivity contribution is -0.135. The molecule has 180 valence electrons. The minimum absolute atomic E-state index is 0.276. The van der Waals surface area contributed by atoms with E-state index in [-0.39, 0.29) is 12.4 Å². The van der Waals surface area contributed by atoms with Gasteiger partial charge in [0.25, 0.3) is 0 Å². The van der Waals surface area contributed by atoms with Gasteiger partial charge in [-0.3, -0.25) is 4.79 Å². The number of benzene rings is 1. The number of ether oxygens (including phenoxy) is 3. The summed E-state index contributed by atoms with van der Waals surface area (Å²) < 4.78 is 32.9. The Balaban J connectivity index is 2.58. The van der Waals surface area contributed by atoms with Crippen molar-refractivity contribution in [1.29, 1.82) is 0 Å². The highest BCUT2D eigenvalue weighted by molar-refractivity contribution is 6.60. The largest absolute Gasteiger partial charge is 0.500 e. The predicted molar refractivity (Wildman–Crippen MR) is 124 cm³/mol. The Morgan fingerprint density at radius 2 is 1.56 bits per heavy atom. The Kier molecular flexibility index (Phi) is 13.5. The van der Waals surface area contributed by atoms with Crippen LogP contribution in [0.25, 0.3) is 6.08 Å². The summed E-state index contributed by atoms with van der Waals surface area (Å²) >= 11 is 0. The minimum atomic E-state index is -2.64. The summed E-state index contributed by atoms with van der Waals surface area (Å²) in [6, 6.07) is 5.79. The van der Waals surface area contributed by atoms with Gasteiger partial charge in [0.2, 0.25) is 0 Å². The molecular weight excluding hydrogens is 432 g/mol. The summed E-state index contributed by atoms with van der Waals surface area (Å²) in [5.74, 6) is -0.0701. The molecule has 0 N–H and O–H groups in total. The molecule has 0 spiro atoms. The summed E-state index contributed by atoms with van der Waals surface area (Å²) in [7, 11) is 0.165. The van der Waals surface area contributed by atoms with Crippen molar-refractivity contribution < 1.29 is 37.1 Å². The first-order valence-corrected chi connectivity index (χ1v) is 12.9. The van der Waals surface area contributed by atoms with Crippen LogP contribution in [0.15, 0.2) is 24.3 Å². The molecule has 0 aliphatic carbocycles. The zero-order chi connectivity index (χ0) is 23.8. The summed E-state index contributed by atoms with van der Waals surface area (Å²) in [4.78, 5) is 23.6. The quantitative estimate of drug-likeness (QED) is 0.116. The smallest absolute Gasteiger partial charge is 0.493 e. The van der Waals surface area contributed by atoms with Gasteiger partial charge in [-0.15, -0.1) is 0 Å². The molecule has 32 heavy (non-hydrogen) atoms. The van der Waals surface area contributed by atoms with Crippen molar-refractivity contribution >= 4 is 26.8 Å². The summed E-state index contributed by atoms with van der Waals surface area (Å²) in [6.45, 7) is 7.45. The zero-order valence-electron chi connectivity index (χ0n) is 19.8. The normalized spacial score (nSPS) is 11.5. The fourth-order valence-corrected chi connectivity index (χ4v) is 5.76. The first kappa shape index (κ1) is 27.8. The van der Waals surface area contributed by atoms with E-state index in [0.29, 0.717) is 43.3 Å². The van der Waals surface area contributed by atoms with Crippen molar-refractivity contribution in [2.24, 2.45) is 0 Å². The van der Waals surface area contributed by atoms with Crippen molar-refractivity contribution in [3.8, 4) is 11.5 Å². The van der Waals surface area contributed by atoms with Crippen LogP contribution in [0.5, 0.6) is 11.5 Å². The highest BCUT2D eigenvalue weighted by Gasteiger charge is 2.39. The van der Waals surface area contributed by atoms with Crippen LogP contribution in [-0.2, 0) is 27.6 Å². The third-order valence-corrected chi connectivity index (χ3v) is 7.63. The first-order chi connectivity index (χ1) is 15.4. The van der Waals surface area contributed by atoms with E-state index in [2.05, 4.69) is 4.74 Å². The Labute approximate surface area is 192 Å². The Morgan fingerprint density at radius 3 is 2.12 bits per heavy atom. The molecule has 0 amide bonds. The van der Waals surface area contributed by atoms with E-state index in [9.17, 15) is 9.59 Å². The molecule has 0 saturated carbocycles. The predicted octanol–water partition coefficient (Wildman–Crippen LogP) is 4.40. The van der Waals surface area contributed by atoms with Crippen LogP contribution in [-0.4, -0.2) is 54.8 Å². The zero-order valence-corrected chi connectivity index (χ0v) is 20.8. The maximum Gasteiger partial charge on any atom is 0.500 e. The molecular formula is C23H36O8Si. The molecule has 0 bridgehead atoms. The lowest BCUT2D eigenvalue weighted by Crippen LogP contribution is -2.45. The van der Waals surface area contributed by atoms with Gasteiger partial charge in [0.1, 0.15) is 0 Å². The van der Waals surface area contributed by atoms with Gasteiger partial charge in [0.15, 0.2) is 11.5 Å². The summed E-state index contributed by atoms with van der Waals surface area (Å²) in [5.41, 5.74) is 0.683. The monoisotopic (exact) mass is 468 g/mol. The standard InChI is InChI=1S/C23H36O8Si/c1-6-28-32(29-7-2,30-8-3)17-11-9-10-12-23(25)31-21-18-19(13-15-20(21)26-4)14-16-22(24)27-5/h13-16,18H,6-12,17H2,1-5H3. The first-order valence-electron chi connectivity index (χ1n) is 11.0. The molecule has 1 aromatic carbocycles. The van der Waals surface area contributed by atoms with E-state index >= 15 is 0 Å². The highest BCUT2D eigenvalue weighted by atomic mass is 28.4. The number of unbranched alkanes of at least 4 members (excludes halogenated alkanes) is 2. The van der Waals surface area contributed by atoms with E-state index in [0.717, 1.165) is 18.9 Å². The fraction of sp³-hybridized carbons (Fsp3) is 0.565. The Morgan fingerprint density at radius 1 is 0.906 bits per heavy atom. The molecule has 0 aliphatic heterocycles. The maximum absolute atomic E-state index is 12.3. The van der Waals surface area contributed by atoms with Crippen molar-refractivity contribution in [1.82, 2.24) is 0 Å². The van der Waals surface area contributed by atoms with Crippen LogP contribution < -0.4 is 9.47 Å². The second kappa shape index (κ2) is 15.6. The number of esters is 2. The van der Waals surface area contributed by atoms with Gasteiger partial charge in [-0.2, -0.15) is 0 Å². The van der Waals surface area contributed by atoms with Crippen LogP contribution >= 0.6 is 0 Å². The Hall–Kier alpha value is -2.20. The summed E-state index contributed by atoms with van der Waals surface area (Å²) in [6.07, 6.45) is 5.50. The number of methoxy groups -OCH3 is 2. The lowest BCUT2D eigenvalue weighted by Gasteiger charge is -2.28. The molecule has 9 heteroatoms. The van der Waals surface area contributed by atoms with Gasteiger partial charge in [0, 0.05) is 38.4 Å². The number of hydrogen-bond donors (Lipinski definition) is 0. The van der Waals surface area contributed by atoms with E-state index in [4.69, 9.17) is 22.8 Å². The minimum Gasteiger partial charge on any atom is -0.493 e. The fourth-order valence-electron chi connectivity index (χ4n) is 3.07. The van der Waals surface area contributed by atoms with Crippen molar-refractivity contribution in [2.45, 2.75) is 52.5 Å². The summed E-state index contributed by atoms with van der Waals surface area (Å²) in [5, 5.41) is 0. The second-order valence-electron chi connectivity index (χ2n) is 6.78. The average Bonchev–Trinajstić information content (AvgIpc) is 2.78. The lowest BCUT2D eigenvalue weighted by atomic mass is 10.2. The Bertz CT molecular complexity index is 718. The third-order valence-electron chi connectivity index (χ3n) is 4.48. The van der Waals surface area contributed by atoms with Crippen LogP contribution in [0, 0.1) is 0 Å². The van der Waals surface area contributed by atoms with Crippen molar-refractivity contribution in [2.75, 3.05) is 34.0 Å². The molecule has 0 unspecified atom stereocenters. The second-order valence-corrected chi connectivity index (χ2v) is 9.52. The third kappa shape index (κ3) is 9.95. The maximum atomic E-state index is 12.3. The van der Waals surface area contributed by atoms with Crippen LogP contribution in [0.4, 0.5) is 0 Å². The van der Waals surface area contributed by atoms with Crippen LogP contribution in [0.1, 0.15) is 52.0 Å². The van der Waals surface area contributed by atoms with Crippen molar-refractivity contribution in [3.05, 3.63) is 29.8 Å². The van der Waals surface area contributed by atoms with E-state index in [1.165, 1.54) is 20.3 Å². The topological polar surface area (TPSA) is 89.5 Å². The van der Waals surface area contributed by atoms with Crippen LogP contribution in [0.2, 0.25) is 6.04 Å². The van der Waals surface area contributed by atoms with E-state index in [1.54, 1.807) is 24.3 Å². The van der Waals surface area contributed by atoms with E-state index < -0.39 is 14.8 Å². The van der Waals surface area contributed by atoms with Gasteiger partial charge < -0.3 is 27.5 Å². The molecule has 8 nitrogen and oxygen atoms in total. The van der Waals surface area contributed by atoms with Crippen LogP contribution in [0.3, 0.4) is 0 Å². The molecule has 0 heterocycles. The molecule has 0 atom stereocenters. The number of hydrogen-bond acceptors (Lipinski definition) is 8.